The van der Waals surface area contributed by atoms with Crippen molar-refractivity contribution in [2.24, 2.45) is 0 Å². The van der Waals surface area contributed by atoms with E-state index in [4.69, 9.17) is 5.73 Å². The first-order chi connectivity index (χ1) is 9.49. The lowest BCUT2D eigenvalue weighted by atomic mass is 10.1. The summed E-state index contributed by atoms with van der Waals surface area (Å²) in [6.45, 7) is -1.67. The van der Waals surface area contributed by atoms with Gasteiger partial charge in [0.1, 0.15) is 12.4 Å². The number of hydrogen-bond donors (Lipinski definition) is 1. The second-order valence-corrected chi connectivity index (χ2v) is 4.21. The highest BCUT2D eigenvalue weighted by molar-refractivity contribution is 5.88. The molecule has 0 atom stereocenters. The molecule has 0 aliphatic rings. The van der Waals surface area contributed by atoms with Crippen LogP contribution in [0.2, 0.25) is 0 Å². The molecule has 2 rings (SSSR count). The number of hydrogen-bond acceptors (Lipinski definition) is 3. The molecule has 10 heteroatoms. The first kappa shape index (κ1) is 15.1. The Bertz CT molecular complexity index is 746. The van der Waals surface area contributed by atoms with Gasteiger partial charge in [-0.2, -0.15) is 31.3 Å². The number of fused-ring (bicyclic) bond motifs is 1. The molecule has 0 saturated carbocycles. The third kappa shape index (κ3) is 3.09. The van der Waals surface area contributed by atoms with Crippen LogP contribution in [-0.4, -0.2) is 15.7 Å². The van der Waals surface area contributed by atoms with Crippen molar-refractivity contribution >= 4 is 16.7 Å². The maximum absolute atomic E-state index is 12.6. The van der Waals surface area contributed by atoms with E-state index < -0.39 is 36.0 Å². The molecule has 0 spiro atoms. The van der Waals surface area contributed by atoms with E-state index in [1.165, 1.54) is 0 Å². The standard InChI is InChI=1S/C11H7F6N3O/c12-10(13,14)4-20-7-2-1-5(11(15,16)17)3-6(7)8(18)19-9(20)21/h1-3H,4H2,(H2,18,19,21). The van der Waals surface area contributed by atoms with Gasteiger partial charge < -0.3 is 5.73 Å². The van der Waals surface area contributed by atoms with Gasteiger partial charge in [0.2, 0.25) is 0 Å². The van der Waals surface area contributed by atoms with Gasteiger partial charge in [0.25, 0.3) is 0 Å². The molecular formula is C11H7F6N3O. The number of nitrogens with two attached hydrogens (primary N) is 1. The second-order valence-electron chi connectivity index (χ2n) is 4.21. The lowest BCUT2D eigenvalue weighted by Crippen LogP contribution is -2.30. The van der Waals surface area contributed by atoms with Crippen LogP contribution < -0.4 is 11.4 Å². The van der Waals surface area contributed by atoms with Crippen LogP contribution in [0.15, 0.2) is 23.0 Å². The highest BCUT2D eigenvalue weighted by Gasteiger charge is 2.32. The Hall–Kier alpha value is -2.26. The minimum atomic E-state index is -4.72. The van der Waals surface area contributed by atoms with Crippen LogP contribution in [0.25, 0.3) is 10.9 Å². The fourth-order valence-corrected chi connectivity index (χ4v) is 1.81. The number of anilines is 1. The molecule has 2 aromatic rings. The first-order valence-corrected chi connectivity index (χ1v) is 5.43. The summed E-state index contributed by atoms with van der Waals surface area (Å²) in [5, 5.41) is -0.367. The Morgan fingerprint density at radius 2 is 1.76 bits per heavy atom. The quantitative estimate of drug-likeness (QED) is 0.823. The summed E-state index contributed by atoms with van der Waals surface area (Å²) in [6.07, 6.45) is -9.41. The van der Waals surface area contributed by atoms with Crippen molar-refractivity contribution in [3.63, 3.8) is 0 Å². The van der Waals surface area contributed by atoms with Crippen molar-refractivity contribution in [1.82, 2.24) is 9.55 Å². The first-order valence-electron chi connectivity index (χ1n) is 5.43. The number of rotatable bonds is 1. The van der Waals surface area contributed by atoms with Crippen LogP contribution in [0.4, 0.5) is 32.2 Å². The van der Waals surface area contributed by atoms with Crippen molar-refractivity contribution in [3.8, 4) is 0 Å². The average molecular weight is 311 g/mol. The summed E-state index contributed by atoms with van der Waals surface area (Å²) in [7, 11) is 0. The largest absolute Gasteiger partial charge is 0.416 e. The zero-order valence-corrected chi connectivity index (χ0v) is 10.1. The van der Waals surface area contributed by atoms with Gasteiger partial charge in [-0.05, 0) is 18.2 Å². The minimum absolute atomic E-state index is 0.228. The number of nitrogens with zero attached hydrogens (tertiary/aromatic N) is 2. The fourth-order valence-electron chi connectivity index (χ4n) is 1.81. The summed E-state index contributed by atoms with van der Waals surface area (Å²) in [5.74, 6) is -0.556. The Labute approximate surface area is 112 Å². The number of halogens is 6. The van der Waals surface area contributed by atoms with Crippen LogP contribution in [0, 0.1) is 0 Å². The van der Waals surface area contributed by atoms with Crippen molar-refractivity contribution in [2.75, 3.05) is 5.73 Å². The van der Waals surface area contributed by atoms with E-state index in [9.17, 15) is 31.1 Å². The maximum atomic E-state index is 12.6. The van der Waals surface area contributed by atoms with Crippen LogP contribution in [-0.2, 0) is 12.7 Å². The predicted octanol–water partition coefficient (Wildman–Crippen LogP) is 2.56. The van der Waals surface area contributed by atoms with Crippen molar-refractivity contribution < 1.29 is 26.3 Å². The van der Waals surface area contributed by atoms with Gasteiger partial charge in [-0.3, -0.25) is 4.57 Å². The summed E-state index contributed by atoms with van der Waals surface area (Å²) in [6, 6.07) is 1.90. The van der Waals surface area contributed by atoms with E-state index in [-0.39, 0.29) is 15.5 Å². The predicted molar refractivity (Wildman–Crippen MR) is 61.5 cm³/mol. The minimum Gasteiger partial charge on any atom is -0.383 e. The van der Waals surface area contributed by atoms with Crippen molar-refractivity contribution in [3.05, 3.63) is 34.2 Å². The molecule has 0 aliphatic heterocycles. The fraction of sp³-hybridized carbons (Fsp3) is 0.273. The molecule has 1 aromatic carbocycles. The number of aromatic nitrogens is 2. The second kappa shape index (κ2) is 4.64. The highest BCUT2D eigenvalue weighted by atomic mass is 19.4. The summed E-state index contributed by atoms with van der Waals surface area (Å²) in [5.41, 5.74) is 2.59. The molecule has 0 unspecified atom stereocenters. The summed E-state index contributed by atoms with van der Waals surface area (Å²) >= 11 is 0. The molecule has 114 valence electrons. The third-order valence-corrected chi connectivity index (χ3v) is 2.68. The van der Waals surface area contributed by atoms with Gasteiger partial charge >= 0.3 is 18.0 Å². The number of benzene rings is 1. The number of nitrogen functional groups attached to an aromatic ring is 1. The zero-order valence-electron chi connectivity index (χ0n) is 10.1. The molecule has 0 radical (unpaired) electrons. The van der Waals surface area contributed by atoms with Gasteiger partial charge in [-0.15, -0.1) is 0 Å². The van der Waals surface area contributed by atoms with Gasteiger partial charge in [0.15, 0.2) is 0 Å². The van der Waals surface area contributed by atoms with E-state index in [2.05, 4.69) is 4.98 Å². The molecule has 0 saturated heterocycles. The maximum Gasteiger partial charge on any atom is 0.416 e. The van der Waals surface area contributed by atoms with E-state index in [0.717, 1.165) is 6.07 Å². The molecular weight excluding hydrogens is 304 g/mol. The normalized spacial score (nSPS) is 12.9. The molecule has 4 nitrogen and oxygen atoms in total. The van der Waals surface area contributed by atoms with Gasteiger partial charge in [-0.25, -0.2) is 4.79 Å². The van der Waals surface area contributed by atoms with Crippen LogP contribution >= 0.6 is 0 Å². The van der Waals surface area contributed by atoms with E-state index >= 15 is 0 Å². The molecule has 0 bridgehead atoms. The summed E-state index contributed by atoms with van der Waals surface area (Å²) < 4.78 is 75.3. The zero-order chi connectivity index (χ0) is 16.0. The smallest absolute Gasteiger partial charge is 0.383 e. The molecule has 2 N–H and O–H groups in total. The average Bonchev–Trinajstić information content (AvgIpc) is 2.31. The monoisotopic (exact) mass is 311 g/mol. The van der Waals surface area contributed by atoms with Crippen molar-refractivity contribution in [2.45, 2.75) is 18.9 Å². The van der Waals surface area contributed by atoms with E-state index in [1.807, 2.05) is 0 Å². The van der Waals surface area contributed by atoms with Crippen molar-refractivity contribution in [1.29, 1.82) is 0 Å². The molecule has 21 heavy (non-hydrogen) atoms. The Kier molecular flexibility index (Phi) is 3.34. The Morgan fingerprint density at radius 1 is 1.14 bits per heavy atom. The molecule has 0 aliphatic carbocycles. The van der Waals surface area contributed by atoms with Crippen LogP contribution in [0.5, 0.6) is 0 Å². The van der Waals surface area contributed by atoms with Gasteiger partial charge in [0.05, 0.1) is 11.1 Å². The topological polar surface area (TPSA) is 60.9 Å². The van der Waals surface area contributed by atoms with E-state index in [0.29, 0.717) is 12.1 Å². The Morgan fingerprint density at radius 3 is 2.29 bits per heavy atom. The highest BCUT2D eigenvalue weighted by Crippen LogP contribution is 2.32. The van der Waals surface area contributed by atoms with Gasteiger partial charge in [-0.1, -0.05) is 0 Å². The molecule has 1 aromatic heterocycles. The lowest BCUT2D eigenvalue weighted by Gasteiger charge is -2.14. The van der Waals surface area contributed by atoms with Gasteiger partial charge in [0, 0.05) is 5.39 Å². The third-order valence-electron chi connectivity index (χ3n) is 2.68. The number of alkyl halides is 6. The SMILES string of the molecule is Nc1nc(=O)n(CC(F)(F)F)c2ccc(C(F)(F)F)cc12. The molecule has 0 amide bonds. The van der Waals surface area contributed by atoms with E-state index in [1.54, 1.807) is 0 Å². The lowest BCUT2D eigenvalue weighted by molar-refractivity contribution is -0.141. The summed E-state index contributed by atoms with van der Waals surface area (Å²) in [4.78, 5) is 14.6. The molecule has 1 heterocycles. The van der Waals surface area contributed by atoms with Crippen LogP contribution in [0.1, 0.15) is 5.56 Å². The molecule has 0 fully saturated rings. The Balaban J connectivity index is 2.75. The van der Waals surface area contributed by atoms with Crippen LogP contribution in [0.3, 0.4) is 0 Å².